The second-order valence-electron chi connectivity index (χ2n) is 6.12. The lowest BCUT2D eigenvalue weighted by Gasteiger charge is -2.17. The molecule has 7 heteroatoms. The van der Waals surface area contributed by atoms with Crippen molar-refractivity contribution in [2.75, 3.05) is 21.9 Å². The van der Waals surface area contributed by atoms with Gasteiger partial charge in [0.15, 0.2) is 0 Å². The zero-order valence-electron chi connectivity index (χ0n) is 13.9. The van der Waals surface area contributed by atoms with Crippen LogP contribution in [-0.2, 0) is 10.0 Å². The maximum Gasteiger partial charge on any atom is 0.255 e. The van der Waals surface area contributed by atoms with Crippen LogP contribution in [0.2, 0.25) is 0 Å². The molecule has 3 aromatic rings. The van der Waals surface area contributed by atoms with Gasteiger partial charge < -0.3 is 5.32 Å². The predicted octanol–water partition coefficient (Wildman–Crippen LogP) is 3.03. The van der Waals surface area contributed by atoms with Crippen LogP contribution in [0.15, 0.2) is 60.8 Å². The molecule has 1 aliphatic rings. The Hall–Kier alpha value is -2.93. The molecule has 2 aromatic carbocycles. The summed E-state index contributed by atoms with van der Waals surface area (Å²) in [5.74, 6) is -0.0816. The van der Waals surface area contributed by atoms with Crippen molar-refractivity contribution >= 4 is 38.2 Å². The lowest BCUT2D eigenvalue weighted by Crippen LogP contribution is -2.25. The van der Waals surface area contributed by atoms with Crippen molar-refractivity contribution in [3.63, 3.8) is 0 Å². The normalized spacial score (nSPS) is 15.9. The highest BCUT2D eigenvalue weighted by Crippen LogP contribution is 2.25. The summed E-state index contributed by atoms with van der Waals surface area (Å²) in [4.78, 5) is 16.8. The summed E-state index contributed by atoms with van der Waals surface area (Å²) >= 11 is 0. The molecule has 0 saturated carbocycles. The van der Waals surface area contributed by atoms with Gasteiger partial charge in [0.1, 0.15) is 0 Å². The molecule has 1 aromatic heterocycles. The smallest absolute Gasteiger partial charge is 0.255 e. The van der Waals surface area contributed by atoms with Crippen molar-refractivity contribution in [1.29, 1.82) is 0 Å². The minimum atomic E-state index is -3.22. The van der Waals surface area contributed by atoms with Crippen LogP contribution in [0.25, 0.3) is 10.9 Å². The van der Waals surface area contributed by atoms with Crippen LogP contribution >= 0.6 is 0 Å². The van der Waals surface area contributed by atoms with Gasteiger partial charge in [0.05, 0.1) is 22.6 Å². The third-order valence-corrected chi connectivity index (χ3v) is 6.28. The number of hydrogen-bond donors (Lipinski definition) is 1. The number of aromatic nitrogens is 1. The fourth-order valence-corrected chi connectivity index (χ4v) is 4.68. The molecule has 0 radical (unpaired) electrons. The molecule has 0 aliphatic carbocycles. The largest absolute Gasteiger partial charge is 0.321 e. The summed E-state index contributed by atoms with van der Waals surface area (Å²) < 4.78 is 25.4. The maximum atomic E-state index is 12.6. The molecule has 1 fully saturated rings. The van der Waals surface area contributed by atoms with E-state index in [4.69, 9.17) is 0 Å². The Balaban J connectivity index is 1.57. The van der Waals surface area contributed by atoms with Gasteiger partial charge >= 0.3 is 0 Å². The number of pyridine rings is 1. The lowest BCUT2D eigenvalue weighted by molar-refractivity contribution is 0.102. The molecule has 1 saturated heterocycles. The summed E-state index contributed by atoms with van der Waals surface area (Å²) in [5.41, 5.74) is 2.55. The van der Waals surface area contributed by atoms with Crippen molar-refractivity contribution in [3.05, 3.63) is 66.4 Å². The number of carbonyl (C=O) groups excluding carboxylic acids is 1. The third-order valence-electron chi connectivity index (χ3n) is 4.41. The van der Waals surface area contributed by atoms with Gasteiger partial charge in [-0.1, -0.05) is 6.07 Å². The number of hydrogen-bond acceptors (Lipinski definition) is 4. The van der Waals surface area contributed by atoms with E-state index in [0.717, 1.165) is 10.9 Å². The van der Waals surface area contributed by atoms with Gasteiger partial charge in [-0.15, -0.1) is 0 Å². The van der Waals surface area contributed by atoms with Crippen molar-refractivity contribution in [2.24, 2.45) is 0 Å². The van der Waals surface area contributed by atoms with Crippen LogP contribution in [0.3, 0.4) is 0 Å². The highest BCUT2D eigenvalue weighted by atomic mass is 32.2. The topological polar surface area (TPSA) is 79.4 Å². The van der Waals surface area contributed by atoms with Gasteiger partial charge in [-0.25, -0.2) is 8.42 Å². The summed E-state index contributed by atoms with van der Waals surface area (Å²) in [6.45, 7) is 0.483. The number of anilines is 2. The minimum absolute atomic E-state index is 0.171. The van der Waals surface area contributed by atoms with E-state index in [1.165, 1.54) is 4.31 Å². The maximum absolute atomic E-state index is 12.6. The van der Waals surface area contributed by atoms with Gasteiger partial charge in [-0.2, -0.15) is 0 Å². The van der Waals surface area contributed by atoms with Gasteiger partial charge in [0.2, 0.25) is 10.0 Å². The van der Waals surface area contributed by atoms with E-state index in [1.54, 1.807) is 30.5 Å². The molecule has 0 unspecified atom stereocenters. The monoisotopic (exact) mass is 367 g/mol. The molecule has 132 valence electrons. The molecular formula is C19H17N3O3S. The second kappa shape index (κ2) is 6.42. The average Bonchev–Trinajstić information content (AvgIpc) is 3.01. The number of fused-ring (bicyclic) bond motifs is 1. The highest BCUT2D eigenvalue weighted by Gasteiger charge is 2.28. The standard InChI is InChI=1S/C19H17N3O3S/c23-19(21-18-6-1-5-17-16(18)4-2-11-20-17)14-7-9-15(10-8-14)22-12-3-13-26(22,24)25/h1-2,4-11H,3,12-13H2,(H,21,23). The van der Waals surface area contributed by atoms with Crippen molar-refractivity contribution in [3.8, 4) is 0 Å². The molecule has 1 aliphatic heterocycles. The zero-order valence-corrected chi connectivity index (χ0v) is 14.7. The third kappa shape index (κ3) is 3.01. The first kappa shape index (κ1) is 16.5. The van der Waals surface area contributed by atoms with Crippen LogP contribution in [0, 0.1) is 0 Å². The number of rotatable bonds is 3. The average molecular weight is 367 g/mol. The number of nitrogens with one attached hydrogen (secondary N) is 1. The quantitative estimate of drug-likeness (QED) is 0.772. The molecule has 4 rings (SSSR count). The summed E-state index contributed by atoms with van der Waals surface area (Å²) in [7, 11) is -3.22. The minimum Gasteiger partial charge on any atom is -0.321 e. The van der Waals surface area contributed by atoms with Crippen LogP contribution < -0.4 is 9.62 Å². The molecule has 6 nitrogen and oxygen atoms in total. The number of amides is 1. The Bertz CT molecular complexity index is 1070. The summed E-state index contributed by atoms with van der Waals surface area (Å²) in [5, 5.41) is 3.76. The Kier molecular flexibility index (Phi) is 4.08. The molecular weight excluding hydrogens is 350 g/mol. The number of carbonyl (C=O) groups is 1. The van der Waals surface area contributed by atoms with Gasteiger partial charge in [0.25, 0.3) is 5.91 Å². The SMILES string of the molecule is O=C(Nc1cccc2ncccc12)c1ccc(N2CCCS2(=O)=O)cc1. The molecule has 0 spiro atoms. The Morgan fingerprint density at radius 1 is 1.04 bits per heavy atom. The molecule has 2 heterocycles. The Morgan fingerprint density at radius 3 is 2.58 bits per heavy atom. The summed E-state index contributed by atoms with van der Waals surface area (Å²) in [6.07, 6.45) is 2.33. The molecule has 0 bridgehead atoms. The van der Waals surface area contributed by atoms with Crippen LogP contribution in [0.5, 0.6) is 0 Å². The van der Waals surface area contributed by atoms with E-state index in [2.05, 4.69) is 10.3 Å². The van der Waals surface area contributed by atoms with Crippen LogP contribution in [0.1, 0.15) is 16.8 Å². The van der Waals surface area contributed by atoms with E-state index in [9.17, 15) is 13.2 Å². The van der Waals surface area contributed by atoms with Crippen molar-refractivity contribution < 1.29 is 13.2 Å². The molecule has 1 N–H and O–H groups in total. The van der Waals surface area contributed by atoms with E-state index in [-0.39, 0.29) is 11.7 Å². The van der Waals surface area contributed by atoms with Gasteiger partial charge in [-0.05, 0) is 55.0 Å². The first-order valence-corrected chi connectivity index (χ1v) is 9.91. The highest BCUT2D eigenvalue weighted by molar-refractivity contribution is 7.93. The first-order chi connectivity index (χ1) is 12.5. The Labute approximate surface area is 151 Å². The number of nitrogens with zero attached hydrogens (tertiary/aromatic N) is 2. The number of benzene rings is 2. The van der Waals surface area contributed by atoms with E-state index in [0.29, 0.717) is 29.9 Å². The molecule has 1 amide bonds. The van der Waals surface area contributed by atoms with E-state index in [1.807, 2.05) is 30.3 Å². The van der Waals surface area contributed by atoms with Gasteiger partial charge in [0, 0.05) is 23.7 Å². The fraction of sp³-hybridized carbons (Fsp3) is 0.158. The Morgan fingerprint density at radius 2 is 1.85 bits per heavy atom. The number of sulfonamides is 1. The molecule has 0 atom stereocenters. The zero-order chi connectivity index (χ0) is 18.1. The van der Waals surface area contributed by atoms with Gasteiger partial charge in [-0.3, -0.25) is 14.1 Å². The first-order valence-electron chi connectivity index (χ1n) is 8.30. The van der Waals surface area contributed by atoms with E-state index < -0.39 is 10.0 Å². The second-order valence-corrected chi connectivity index (χ2v) is 8.13. The van der Waals surface area contributed by atoms with Crippen LogP contribution in [0.4, 0.5) is 11.4 Å². The lowest BCUT2D eigenvalue weighted by atomic mass is 10.1. The van der Waals surface area contributed by atoms with Crippen molar-refractivity contribution in [2.45, 2.75) is 6.42 Å². The predicted molar refractivity (Wildman–Crippen MR) is 102 cm³/mol. The van der Waals surface area contributed by atoms with Crippen LogP contribution in [-0.4, -0.2) is 31.6 Å². The summed E-state index contributed by atoms with van der Waals surface area (Å²) in [6, 6.07) is 15.9. The fourth-order valence-electron chi connectivity index (χ4n) is 3.12. The van der Waals surface area contributed by atoms with E-state index >= 15 is 0 Å². The van der Waals surface area contributed by atoms with Crippen molar-refractivity contribution in [1.82, 2.24) is 4.98 Å². The molecule has 26 heavy (non-hydrogen) atoms.